The molecular formula is C31H30O8. The normalized spacial score (nSPS) is 20.7. The molecule has 0 aliphatic carbocycles. The number of rotatable bonds is 13. The second-order valence-electron chi connectivity index (χ2n) is 10.0. The lowest BCUT2D eigenvalue weighted by Crippen LogP contribution is -2.12. The maximum atomic E-state index is 12.9. The molecule has 0 saturated carbocycles. The summed E-state index contributed by atoms with van der Waals surface area (Å²) in [6, 6.07) is 19.3. The Kier molecular flexibility index (Phi) is 7.58. The quantitative estimate of drug-likeness (QED) is 0.180. The van der Waals surface area contributed by atoms with Crippen LogP contribution in [-0.4, -0.2) is 56.7 Å². The molecule has 3 aromatic rings. The highest BCUT2D eigenvalue weighted by Crippen LogP contribution is 2.29. The minimum absolute atomic E-state index is 0.163. The van der Waals surface area contributed by atoms with Gasteiger partial charge in [-0.25, -0.2) is 9.59 Å². The van der Waals surface area contributed by atoms with Gasteiger partial charge in [0.25, 0.3) is 0 Å². The fourth-order valence-corrected chi connectivity index (χ4v) is 4.20. The molecular weight excluding hydrogens is 500 g/mol. The first-order valence-corrected chi connectivity index (χ1v) is 13.3. The topological polar surface area (TPSA) is 99.4 Å². The van der Waals surface area contributed by atoms with Gasteiger partial charge in [-0.2, -0.15) is 0 Å². The molecule has 3 saturated heterocycles. The minimum Gasteiger partial charge on any atom is -0.491 e. The van der Waals surface area contributed by atoms with Crippen LogP contribution in [0.4, 0.5) is 0 Å². The molecule has 3 aromatic carbocycles. The monoisotopic (exact) mass is 530 g/mol. The fourth-order valence-electron chi connectivity index (χ4n) is 4.20. The predicted molar refractivity (Wildman–Crippen MR) is 141 cm³/mol. The molecule has 3 aliphatic heterocycles. The first-order valence-electron chi connectivity index (χ1n) is 13.3. The van der Waals surface area contributed by atoms with Crippen molar-refractivity contribution in [1.29, 1.82) is 0 Å². The average Bonchev–Trinajstić information content (AvgIpc) is 3.82. The van der Waals surface area contributed by atoms with Crippen molar-refractivity contribution in [2.75, 3.05) is 26.4 Å². The van der Waals surface area contributed by atoms with Crippen LogP contribution in [0.3, 0.4) is 0 Å². The zero-order chi connectivity index (χ0) is 26.6. The summed E-state index contributed by atoms with van der Waals surface area (Å²) in [4.78, 5) is 25.7. The number of hydrogen-bond donors (Lipinski definition) is 0. The average molecular weight is 531 g/mol. The van der Waals surface area contributed by atoms with Crippen LogP contribution in [0, 0.1) is 0 Å². The van der Waals surface area contributed by atoms with E-state index >= 15 is 0 Å². The Balaban J connectivity index is 1.09. The molecule has 39 heavy (non-hydrogen) atoms. The summed E-state index contributed by atoms with van der Waals surface area (Å²) in [6.07, 6.45) is 4.07. The summed E-state index contributed by atoms with van der Waals surface area (Å²) in [5.74, 6) is 0.566. The molecule has 3 atom stereocenters. The third kappa shape index (κ3) is 7.44. The van der Waals surface area contributed by atoms with Gasteiger partial charge in [-0.15, -0.1) is 0 Å². The van der Waals surface area contributed by atoms with Gasteiger partial charge in [0.1, 0.15) is 30.0 Å². The van der Waals surface area contributed by atoms with Crippen molar-refractivity contribution in [2.24, 2.45) is 0 Å². The molecule has 3 aliphatic rings. The molecule has 0 spiro atoms. The van der Waals surface area contributed by atoms with Crippen molar-refractivity contribution in [3.63, 3.8) is 0 Å². The van der Waals surface area contributed by atoms with Gasteiger partial charge in [-0.05, 0) is 91.4 Å². The van der Waals surface area contributed by atoms with E-state index in [1.165, 1.54) is 0 Å². The molecule has 202 valence electrons. The van der Waals surface area contributed by atoms with Crippen molar-refractivity contribution in [1.82, 2.24) is 0 Å². The highest BCUT2D eigenvalue weighted by Gasteiger charge is 2.25. The number of epoxide rings is 3. The van der Waals surface area contributed by atoms with E-state index in [0.717, 1.165) is 50.2 Å². The molecule has 0 N–H and O–H groups in total. The summed E-state index contributed by atoms with van der Waals surface area (Å²) >= 11 is 0. The van der Waals surface area contributed by atoms with E-state index in [1.54, 1.807) is 54.6 Å². The molecule has 8 nitrogen and oxygen atoms in total. The SMILES string of the molecule is O=C(Oc1ccc(OC(=O)c2ccc(CCC3CO3)cc2)c(CCC2CO2)c1)c1ccc(OCC2CO2)cc1. The standard InChI is InChI=1S/C31H30O8/c32-30(22-6-10-24(11-7-22)34-18-28-19-37-28)38-25-13-14-29(23(15-25)8-12-27-17-36-27)39-31(33)21-4-1-20(2-5-21)3-9-26-16-35-26/h1-2,4-7,10-11,13-15,26-28H,3,8-9,12,16-19H2. The van der Waals surface area contributed by atoms with E-state index in [4.69, 9.17) is 28.4 Å². The maximum Gasteiger partial charge on any atom is 0.343 e. The van der Waals surface area contributed by atoms with Gasteiger partial charge < -0.3 is 28.4 Å². The second kappa shape index (κ2) is 11.6. The lowest BCUT2D eigenvalue weighted by molar-refractivity contribution is 0.0718. The zero-order valence-electron chi connectivity index (χ0n) is 21.5. The number of benzene rings is 3. The summed E-state index contributed by atoms with van der Waals surface area (Å²) in [5, 5.41) is 0. The molecule has 0 amide bonds. The van der Waals surface area contributed by atoms with Crippen LogP contribution in [0.5, 0.6) is 17.2 Å². The van der Waals surface area contributed by atoms with Crippen molar-refractivity contribution in [3.05, 3.63) is 89.0 Å². The lowest BCUT2D eigenvalue weighted by atomic mass is 10.1. The minimum atomic E-state index is -0.485. The van der Waals surface area contributed by atoms with Gasteiger partial charge in [-0.1, -0.05) is 12.1 Å². The van der Waals surface area contributed by atoms with E-state index in [0.29, 0.717) is 47.5 Å². The molecule has 3 heterocycles. The van der Waals surface area contributed by atoms with Crippen LogP contribution in [-0.2, 0) is 27.1 Å². The molecule has 0 bridgehead atoms. The third-order valence-corrected chi connectivity index (χ3v) is 6.86. The number of hydrogen-bond acceptors (Lipinski definition) is 8. The van der Waals surface area contributed by atoms with Crippen molar-refractivity contribution in [2.45, 2.75) is 44.0 Å². The smallest absolute Gasteiger partial charge is 0.343 e. The Bertz CT molecular complexity index is 1310. The first kappa shape index (κ1) is 25.6. The third-order valence-electron chi connectivity index (χ3n) is 6.86. The van der Waals surface area contributed by atoms with Crippen molar-refractivity contribution >= 4 is 11.9 Å². The first-order chi connectivity index (χ1) is 19.1. The Morgan fingerprint density at radius 3 is 1.87 bits per heavy atom. The maximum absolute atomic E-state index is 12.9. The Morgan fingerprint density at radius 1 is 0.667 bits per heavy atom. The van der Waals surface area contributed by atoms with E-state index in [1.807, 2.05) is 12.1 Å². The molecule has 0 radical (unpaired) electrons. The van der Waals surface area contributed by atoms with Crippen LogP contribution in [0.2, 0.25) is 0 Å². The van der Waals surface area contributed by atoms with Gasteiger partial charge in [0.05, 0.1) is 43.2 Å². The van der Waals surface area contributed by atoms with Crippen LogP contribution in [0.25, 0.3) is 0 Å². The molecule has 8 heteroatoms. The summed E-state index contributed by atoms with van der Waals surface area (Å²) in [7, 11) is 0. The van der Waals surface area contributed by atoms with Gasteiger partial charge in [-0.3, -0.25) is 0 Å². The number of aryl methyl sites for hydroxylation is 2. The Hall–Kier alpha value is -3.72. The van der Waals surface area contributed by atoms with Gasteiger partial charge >= 0.3 is 11.9 Å². The van der Waals surface area contributed by atoms with E-state index in [9.17, 15) is 9.59 Å². The van der Waals surface area contributed by atoms with Crippen molar-refractivity contribution in [3.8, 4) is 17.2 Å². The number of esters is 2. The van der Waals surface area contributed by atoms with Crippen LogP contribution in [0.15, 0.2) is 66.7 Å². The summed E-state index contributed by atoms with van der Waals surface area (Å²) in [5.41, 5.74) is 2.82. The van der Waals surface area contributed by atoms with Crippen molar-refractivity contribution < 1.29 is 38.0 Å². The van der Waals surface area contributed by atoms with Gasteiger partial charge in [0.2, 0.25) is 0 Å². The van der Waals surface area contributed by atoms with Crippen LogP contribution >= 0.6 is 0 Å². The van der Waals surface area contributed by atoms with E-state index in [2.05, 4.69) is 0 Å². The largest absolute Gasteiger partial charge is 0.491 e. The molecule has 3 unspecified atom stereocenters. The molecule has 6 rings (SSSR count). The number of ether oxygens (including phenoxy) is 6. The molecule has 3 fully saturated rings. The highest BCUT2D eigenvalue weighted by atomic mass is 16.6. The fraction of sp³-hybridized carbons (Fsp3) is 0.355. The van der Waals surface area contributed by atoms with Gasteiger partial charge in [0.15, 0.2) is 0 Å². The number of carbonyl (C=O) groups is 2. The zero-order valence-corrected chi connectivity index (χ0v) is 21.5. The van der Waals surface area contributed by atoms with Crippen LogP contribution in [0.1, 0.15) is 44.7 Å². The van der Waals surface area contributed by atoms with E-state index < -0.39 is 11.9 Å². The highest BCUT2D eigenvalue weighted by molar-refractivity contribution is 5.92. The summed E-state index contributed by atoms with van der Waals surface area (Å²) < 4.78 is 32.8. The summed E-state index contributed by atoms with van der Waals surface area (Å²) in [6.45, 7) is 2.80. The second-order valence-corrected chi connectivity index (χ2v) is 10.0. The van der Waals surface area contributed by atoms with Crippen LogP contribution < -0.4 is 14.2 Å². The lowest BCUT2D eigenvalue weighted by Gasteiger charge is -2.13. The Morgan fingerprint density at radius 2 is 1.23 bits per heavy atom. The van der Waals surface area contributed by atoms with Gasteiger partial charge in [0, 0.05) is 0 Å². The Labute approximate surface area is 226 Å². The predicted octanol–water partition coefficient (Wildman–Crippen LogP) is 4.57. The number of carbonyl (C=O) groups excluding carboxylic acids is 2. The molecule has 0 aromatic heterocycles. The van der Waals surface area contributed by atoms with E-state index in [-0.39, 0.29) is 12.2 Å².